The number of aromatic nitrogens is 1. The molecular formula is C22H21NO5. The average molecular weight is 379 g/mol. The molecule has 28 heavy (non-hydrogen) atoms. The summed E-state index contributed by atoms with van der Waals surface area (Å²) in [5.74, 6) is 1.55. The maximum Gasteiger partial charge on any atom is 0.255 e. The van der Waals surface area contributed by atoms with Crippen molar-refractivity contribution in [2.45, 2.75) is 6.61 Å². The fourth-order valence-corrected chi connectivity index (χ4v) is 2.59. The van der Waals surface area contributed by atoms with Gasteiger partial charge in [0, 0.05) is 18.3 Å². The Bertz CT molecular complexity index is 1010. The topological polar surface area (TPSA) is 69.9 Å². The first-order valence-corrected chi connectivity index (χ1v) is 8.64. The summed E-state index contributed by atoms with van der Waals surface area (Å²) in [6, 6.07) is 17.9. The Hall–Kier alpha value is -3.67. The molecule has 0 saturated heterocycles. The molecule has 0 spiro atoms. The third kappa shape index (κ3) is 4.73. The molecule has 0 saturated carbocycles. The number of ether oxygens (including phenoxy) is 3. The van der Waals surface area contributed by atoms with Gasteiger partial charge >= 0.3 is 0 Å². The van der Waals surface area contributed by atoms with Crippen LogP contribution in [0.25, 0.3) is 5.69 Å². The summed E-state index contributed by atoms with van der Waals surface area (Å²) in [6.07, 6.45) is 1.69. The van der Waals surface area contributed by atoms with Gasteiger partial charge in [0.2, 0.25) is 0 Å². The van der Waals surface area contributed by atoms with Crippen LogP contribution in [-0.4, -0.2) is 23.4 Å². The molecule has 0 radical (unpaired) electrons. The molecule has 6 nitrogen and oxygen atoms in total. The molecule has 0 atom stereocenters. The number of pyridine rings is 1. The van der Waals surface area contributed by atoms with Crippen molar-refractivity contribution in [3.05, 3.63) is 95.1 Å². The Morgan fingerprint density at radius 1 is 1.04 bits per heavy atom. The summed E-state index contributed by atoms with van der Waals surface area (Å²) in [7, 11) is 1.51. The Morgan fingerprint density at radius 2 is 1.82 bits per heavy atom. The molecule has 3 aromatic rings. The lowest BCUT2D eigenvalue weighted by atomic mass is 10.2. The number of hydrogen-bond donors (Lipinski definition) is 1. The molecule has 0 aliphatic heterocycles. The Morgan fingerprint density at radius 3 is 2.50 bits per heavy atom. The van der Waals surface area contributed by atoms with Gasteiger partial charge in [-0.3, -0.25) is 9.36 Å². The highest BCUT2D eigenvalue weighted by Crippen LogP contribution is 2.29. The fraction of sp³-hybridized carbons (Fsp3) is 0.136. The van der Waals surface area contributed by atoms with Gasteiger partial charge in [-0.05, 0) is 35.9 Å². The van der Waals surface area contributed by atoms with Crippen LogP contribution in [0.4, 0.5) is 0 Å². The second-order valence-corrected chi connectivity index (χ2v) is 6.04. The number of benzene rings is 2. The highest BCUT2D eigenvalue weighted by Gasteiger charge is 2.09. The lowest BCUT2D eigenvalue weighted by Gasteiger charge is -2.13. The van der Waals surface area contributed by atoms with E-state index >= 15 is 0 Å². The Labute approximate surface area is 162 Å². The molecule has 0 bridgehead atoms. The van der Waals surface area contributed by atoms with Crippen molar-refractivity contribution in [2.24, 2.45) is 0 Å². The van der Waals surface area contributed by atoms with Gasteiger partial charge in [0.15, 0.2) is 11.5 Å². The van der Waals surface area contributed by atoms with Crippen LogP contribution in [-0.2, 0) is 6.61 Å². The summed E-state index contributed by atoms with van der Waals surface area (Å²) in [6.45, 7) is 3.65. The first-order valence-electron chi connectivity index (χ1n) is 8.64. The van der Waals surface area contributed by atoms with E-state index in [1.54, 1.807) is 24.4 Å². The van der Waals surface area contributed by atoms with Crippen LogP contribution in [0.5, 0.6) is 17.2 Å². The summed E-state index contributed by atoms with van der Waals surface area (Å²) in [4.78, 5) is 12.5. The van der Waals surface area contributed by atoms with E-state index in [-0.39, 0.29) is 17.9 Å². The normalized spacial score (nSPS) is 10.3. The van der Waals surface area contributed by atoms with Gasteiger partial charge in [-0.15, -0.1) is 0 Å². The minimum atomic E-state index is -0.186. The van der Waals surface area contributed by atoms with Crippen molar-refractivity contribution in [1.82, 2.24) is 4.57 Å². The minimum Gasteiger partial charge on any atom is -0.509 e. The highest BCUT2D eigenvalue weighted by molar-refractivity contribution is 5.49. The SMILES string of the molecule is C=C(O)COc1ccc(-n2ccc(COc3ccccc3)cc2=O)cc1OC. The van der Waals surface area contributed by atoms with Crippen LogP contribution in [0.3, 0.4) is 0 Å². The van der Waals surface area contributed by atoms with Gasteiger partial charge in [0.25, 0.3) is 5.56 Å². The Balaban J connectivity index is 1.78. The van der Waals surface area contributed by atoms with Crippen LogP contribution in [0.15, 0.2) is 84.0 Å². The number of nitrogens with zero attached hydrogens (tertiary/aromatic N) is 1. The van der Waals surface area contributed by atoms with Crippen molar-refractivity contribution in [3.8, 4) is 22.9 Å². The third-order valence-corrected chi connectivity index (χ3v) is 3.95. The van der Waals surface area contributed by atoms with Crippen molar-refractivity contribution in [3.63, 3.8) is 0 Å². The molecule has 3 rings (SSSR count). The van der Waals surface area contributed by atoms with Crippen molar-refractivity contribution in [1.29, 1.82) is 0 Å². The van der Waals surface area contributed by atoms with Crippen LogP contribution in [0.2, 0.25) is 0 Å². The summed E-state index contributed by atoms with van der Waals surface area (Å²) in [5, 5.41) is 9.17. The minimum absolute atomic E-state index is 0.0359. The van der Waals surface area contributed by atoms with Crippen LogP contribution in [0, 0.1) is 0 Å². The molecule has 1 heterocycles. The van der Waals surface area contributed by atoms with Gasteiger partial charge in [-0.25, -0.2) is 0 Å². The molecule has 6 heteroatoms. The number of rotatable bonds is 8. The highest BCUT2D eigenvalue weighted by atomic mass is 16.5. The molecule has 144 valence electrons. The standard InChI is InChI=1S/C22H21NO5/c1-16(24)14-28-20-9-8-18(13-21(20)26-2)23-11-10-17(12-22(23)25)15-27-19-6-4-3-5-7-19/h3-13,24H,1,14-15H2,2H3. The molecule has 1 aromatic heterocycles. The first-order chi connectivity index (χ1) is 13.6. The number of aliphatic hydroxyl groups is 1. The van der Waals surface area contributed by atoms with Crippen molar-refractivity contribution >= 4 is 0 Å². The lowest BCUT2D eigenvalue weighted by molar-refractivity contribution is 0.261. The number of para-hydroxylation sites is 1. The Kier molecular flexibility index (Phi) is 6.01. The second-order valence-electron chi connectivity index (χ2n) is 6.04. The third-order valence-electron chi connectivity index (χ3n) is 3.95. The van der Waals surface area contributed by atoms with Gasteiger partial charge in [0.05, 0.1) is 12.8 Å². The van der Waals surface area contributed by atoms with Crippen LogP contribution >= 0.6 is 0 Å². The maximum atomic E-state index is 12.5. The van der Waals surface area contributed by atoms with E-state index in [0.717, 1.165) is 11.3 Å². The van der Waals surface area contributed by atoms with Crippen LogP contribution < -0.4 is 19.8 Å². The zero-order chi connectivity index (χ0) is 19.9. The second kappa shape index (κ2) is 8.81. The molecular weight excluding hydrogens is 358 g/mol. The predicted octanol–water partition coefficient (Wildman–Crippen LogP) is 3.88. The predicted molar refractivity (Wildman–Crippen MR) is 107 cm³/mol. The van der Waals surface area contributed by atoms with E-state index in [2.05, 4.69) is 6.58 Å². The van der Waals surface area contributed by atoms with Gasteiger partial charge < -0.3 is 19.3 Å². The number of aliphatic hydroxyl groups excluding tert-OH is 1. The van der Waals surface area contributed by atoms with Gasteiger partial charge in [-0.1, -0.05) is 24.8 Å². The van der Waals surface area contributed by atoms with E-state index in [1.807, 2.05) is 36.4 Å². The van der Waals surface area contributed by atoms with Crippen LogP contribution in [0.1, 0.15) is 5.56 Å². The summed E-state index contributed by atoms with van der Waals surface area (Å²) < 4.78 is 17.9. The van der Waals surface area contributed by atoms with E-state index in [4.69, 9.17) is 14.2 Å². The molecule has 0 aliphatic rings. The smallest absolute Gasteiger partial charge is 0.255 e. The van der Waals surface area contributed by atoms with Gasteiger partial charge in [-0.2, -0.15) is 0 Å². The van der Waals surface area contributed by atoms with Crippen molar-refractivity contribution in [2.75, 3.05) is 13.7 Å². The molecule has 0 amide bonds. The molecule has 1 N–H and O–H groups in total. The molecule has 2 aromatic carbocycles. The zero-order valence-corrected chi connectivity index (χ0v) is 15.5. The van der Waals surface area contributed by atoms with Gasteiger partial charge in [0.1, 0.15) is 24.7 Å². The van der Waals surface area contributed by atoms with E-state index in [9.17, 15) is 9.90 Å². The van der Waals surface area contributed by atoms with E-state index < -0.39 is 0 Å². The average Bonchev–Trinajstić information content (AvgIpc) is 2.71. The monoisotopic (exact) mass is 379 g/mol. The largest absolute Gasteiger partial charge is 0.509 e. The number of methoxy groups -OCH3 is 1. The summed E-state index contributed by atoms with van der Waals surface area (Å²) >= 11 is 0. The van der Waals surface area contributed by atoms with E-state index in [0.29, 0.717) is 23.8 Å². The molecule has 0 unspecified atom stereocenters. The molecule has 0 fully saturated rings. The first kappa shape index (κ1) is 19.1. The summed E-state index contributed by atoms with van der Waals surface area (Å²) in [5.41, 5.74) is 1.22. The fourth-order valence-electron chi connectivity index (χ4n) is 2.59. The quantitative estimate of drug-likeness (QED) is 0.602. The van der Waals surface area contributed by atoms with Crippen molar-refractivity contribution < 1.29 is 19.3 Å². The lowest BCUT2D eigenvalue weighted by Crippen LogP contribution is -2.18. The zero-order valence-electron chi connectivity index (χ0n) is 15.5. The molecule has 0 aliphatic carbocycles. The maximum absolute atomic E-state index is 12.5. The van der Waals surface area contributed by atoms with E-state index in [1.165, 1.54) is 17.7 Å². The number of hydrogen-bond acceptors (Lipinski definition) is 5.